The first kappa shape index (κ1) is 14.6. The Kier molecular flexibility index (Phi) is 3.77. The van der Waals surface area contributed by atoms with Crippen molar-refractivity contribution in [3.63, 3.8) is 0 Å². The van der Waals surface area contributed by atoms with Gasteiger partial charge in [-0.2, -0.15) is 0 Å². The number of rotatable bonds is 4. The number of aryl methyl sites for hydroxylation is 1. The van der Waals surface area contributed by atoms with Gasteiger partial charge in [0.1, 0.15) is 0 Å². The van der Waals surface area contributed by atoms with Crippen LogP contribution in [0, 0.1) is 0 Å². The van der Waals surface area contributed by atoms with Gasteiger partial charge in [-0.25, -0.2) is 13.4 Å². The Bertz CT molecular complexity index is 678. The summed E-state index contributed by atoms with van der Waals surface area (Å²) in [7, 11) is -2.95. The van der Waals surface area contributed by atoms with Crippen molar-refractivity contribution < 1.29 is 8.42 Å². The fourth-order valence-corrected chi connectivity index (χ4v) is 3.88. The van der Waals surface area contributed by atoms with E-state index in [0.29, 0.717) is 24.9 Å². The minimum absolute atomic E-state index is 0.0725. The van der Waals surface area contributed by atoms with Crippen LogP contribution in [0.15, 0.2) is 11.0 Å². The molecule has 0 unspecified atom stereocenters. The van der Waals surface area contributed by atoms with Gasteiger partial charge in [0.05, 0.1) is 17.2 Å². The molecule has 116 valence electrons. The van der Waals surface area contributed by atoms with Crippen molar-refractivity contribution >= 4 is 15.7 Å². The first-order valence-electron chi connectivity index (χ1n) is 7.57. The van der Waals surface area contributed by atoms with Gasteiger partial charge in [-0.15, -0.1) is 0 Å². The lowest BCUT2D eigenvalue weighted by Crippen LogP contribution is -2.44. The van der Waals surface area contributed by atoms with Crippen molar-refractivity contribution in [2.45, 2.75) is 38.6 Å². The van der Waals surface area contributed by atoms with Crippen LogP contribution in [0.25, 0.3) is 0 Å². The molecule has 3 rings (SSSR count). The predicted molar refractivity (Wildman–Crippen MR) is 81.6 cm³/mol. The first-order valence-corrected chi connectivity index (χ1v) is 9.40. The molecule has 1 aromatic rings. The zero-order valence-electron chi connectivity index (χ0n) is 12.3. The lowest BCUT2D eigenvalue weighted by molar-refractivity contribution is 0.584. The van der Waals surface area contributed by atoms with Crippen molar-refractivity contribution in [3.05, 3.63) is 22.2 Å². The molecule has 0 spiro atoms. The largest absolute Gasteiger partial charge is 0.350 e. The standard InChI is InChI=1S/C14H21N3O3S/c1-2-3-11-10-17(12-4-5-12)14(18)13(15-11)16-6-8-21(19,20)9-7-16/h10,12H,2-9H2,1H3. The molecule has 2 aliphatic rings. The molecule has 0 aromatic carbocycles. The number of nitrogens with zero attached hydrogens (tertiary/aromatic N) is 3. The molecule has 1 saturated heterocycles. The molecule has 1 aliphatic heterocycles. The van der Waals surface area contributed by atoms with E-state index < -0.39 is 9.84 Å². The molecule has 0 radical (unpaired) electrons. The molecule has 0 amide bonds. The van der Waals surface area contributed by atoms with Gasteiger partial charge in [-0.3, -0.25) is 4.79 Å². The summed E-state index contributed by atoms with van der Waals surface area (Å²) in [6, 6.07) is 0.309. The highest BCUT2D eigenvalue weighted by Gasteiger charge is 2.29. The second-order valence-corrected chi connectivity index (χ2v) is 8.19. The Hall–Kier alpha value is -1.37. The van der Waals surface area contributed by atoms with Crippen LogP contribution in [0.5, 0.6) is 0 Å². The average molecular weight is 311 g/mol. The summed E-state index contributed by atoms with van der Waals surface area (Å²) < 4.78 is 24.9. The van der Waals surface area contributed by atoms with Gasteiger partial charge in [0.2, 0.25) is 0 Å². The molecule has 7 heteroatoms. The van der Waals surface area contributed by atoms with Crippen molar-refractivity contribution in [2.75, 3.05) is 29.5 Å². The molecule has 1 aromatic heterocycles. The lowest BCUT2D eigenvalue weighted by atomic mass is 10.2. The lowest BCUT2D eigenvalue weighted by Gasteiger charge is -2.27. The van der Waals surface area contributed by atoms with E-state index in [9.17, 15) is 13.2 Å². The van der Waals surface area contributed by atoms with Crippen molar-refractivity contribution in [1.82, 2.24) is 9.55 Å². The normalized spacial score (nSPS) is 21.5. The van der Waals surface area contributed by atoms with Gasteiger partial charge < -0.3 is 9.47 Å². The number of anilines is 1. The summed E-state index contributed by atoms with van der Waals surface area (Å²) >= 11 is 0. The molecule has 0 N–H and O–H groups in total. The molecule has 6 nitrogen and oxygen atoms in total. The number of aromatic nitrogens is 2. The Morgan fingerprint density at radius 1 is 1.29 bits per heavy atom. The minimum atomic E-state index is -2.95. The maximum absolute atomic E-state index is 12.6. The Morgan fingerprint density at radius 3 is 2.52 bits per heavy atom. The summed E-state index contributed by atoms with van der Waals surface area (Å²) in [6.07, 6.45) is 5.79. The number of sulfone groups is 1. The van der Waals surface area contributed by atoms with E-state index >= 15 is 0 Å². The molecule has 1 aliphatic carbocycles. The topological polar surface area (TPSA) is 72.3 Å². The zero-order valence-corrected chi connectivity index (χ0v) is 13.1. The van der Waals surface area contributed by atoms with Gasteiger partial charge in [-0.05, 0) is 19.3 Å². The highest BCUT2D eigenvalue weighted by atomic mass is 32.2. The van der Waals surface area contributed by atoms with Crippen molar-refractivity contribution in [3.8, 4) is 0 Å². The summed E-state index contributed by atoms with van der Waals surface area (Å²) in [4.78, 5) is 18.9. The monoisotopic (exact) mass is 311 g/mol. The van der Waals surface area contributed by atoms with E-state index in [4.69, 9.17) is 0 Å². The second-order valence-electron chi connectivity index (χ2n) is 5.89. The highest BCUT2D eigenvalue weighted by molar-refractivity contribution is 7.91. The van der Waals surface area contributed by atoms with E-state index in [1.165, 1.54) is 0 Å². The fraction of sp³-hybridized carbons (Fsp3) is 0.714. The highest BCUT2D eigenvalue weighted by Crippen LogP contribution is 2.33. The minimum Gasteiger partial charge on any atom is -0.350 e. The smallest absolute Gasteiger partial charge is 0.293 e. The van der Waals surface area contributed by atoms with Gasteiger partial charge >= 0.3 is 0 Å². The van der Waals surface area contributed by atoms with Gasteiger partial charge in [0, 0.05) is 25.3 Å². The van der Waals surface area contributed by atoms with Crippen LogP contribution in [0.3, 0.4) is 0 Å². The third-order valence-electron chi connectivity index (χ3n) is 4.05. The van der Waals surface area contributed by atoms with Gasteiger partial charge in [0.25, 0.3) is 5.56 Å². The van der Waals surface area contributed by atoms with Crippen LogP contribution >= 0.6 is 0 Å². The molecule has 2 fully saturated rings. The summed E-state index contributed by atoms with van der Waals surface area (Å²) in [5, 5.41) is 0. The Morgan fingerprint density at radius 2 is 1.95 bits per heavy atom. The number of hydrogen-bond acceptors (Lipinski definition) is 5. The average Bonchev–Trinajstić information content (AvgIpc) is 3.26. The Labute approximate surface area is 124 Å². The molecule has 21 heavy (non-hydrogen) atoms. The van der Waals surface area contributed by atoms with Crippen LogP contribution in [0.1, 0.15) is 37.9 Å². The summed E-state index contributed by atoms with van der Waals surface area (Å²) in [6.45, 7) is 2.82. The van der Waals surface area contributed by atoms with Crippen LogP contribution in [0.4, 0.5) is 5.82 Å². The van der Waals surface area contributed by atoms with Crippen LogP contribution in [-0.4, -0.2) is 42.6 Å². The molecular weight excluding hydrogens is 290 g/mol. The summed E-state index contributed by atoms with van der Waals surface area (Å²) in [5.41, 5.74) is 0.851. The van der Waals surface area contributed by atoms with E-state index in [2.05, 4.69) is 11.9 Å². The van der Waals surface area contributed by atoms with Crippen LogP contribution < -0.4 is 10.5 Å². The van der Waals surface area contributed by atoms with Crippen molar-refractivity contribution in [1.29, 1.82) is 0 Å². The van der Waals surface area contributed by atoms with Gasteiger partial charge in [0.15, 0.2) is 15.7 Å². The number of hydrogen-bond donors (Lipinski definition) is 0. The van der Waals surface area contributed by atoms with E-state index in [-0.39, 0.29) is 17.1 Å². The fourth-order valence-electron chi connectivity index (χ4n) is 2.68. The third kappa shape index (κ3) is 3.12. The van der Waals surface area contributed by atoms with Gasteiger partial charge in [-0.1, -0.05) is 13.3 Å². The predicted octanol–water partition coefficient (Wildman–Crippen LogP) is 0.766. The second kappa shape index (κ2) is 5.44. The van der Waals surface area contributed by atoms with Crippen molar-refractivity contribution in [2.24, 2.45) is 0 Å². The maximum Gasteiger partial charge on any atom is 0.293 e. The molecule has 0 bridgehead atoms. The Balaban J connectivity index is 1.95. The SMILES string of the molecule is CCCc1cn(C2CC2)c(=O)c(N2CCS(=O)(=O)CC2)n1. The molecular formula is C14H21N3O3S. The zero-order chi connectivity index (χ0) is 15.0. The molecule has 1 saturated carbocycles. The third-order valence-corrected chi connectivity index (χ3v) is 5.66. The quantitative estimate of drug-likeness (QED) is 0.821. The summed E-state index contributed by atoms with van der Waals surface area (Å²) in [5.74, 6) is 0.647. The van der Waals surface area contributed by atoms with Crippen LogP contribution in [-0.2, 0) is 16.3 Å². The van der Waals surface area contributed by atoms with E-state index in [0.717, 1.165) is 31.4 Å². The van der Waals surface area contributed by atoms with E-state index in [1.54, 1.807) is 4.57 Å². The molecule has 0 atom stereocenters. The first-order chi connectivity index (χ1) is 10.00. The van der Waals surface area contributed by atoms with E-state index in [1.807, 2.05) is 11.1 Å². The maximum atomic E-state index is 12.6. The van der Waals surface area contributed by atoms with Crippen LogP contribution in [0.2, 0.25) is 0 Å². The molecule has 2 heterocycles.